The first-order valence-electron chi connectivity index (χ1n) is 5.47. The van der Waals surface area contributed by atoms with E-state index in [1.807, 2.05) is 17.7 Å². The molecule has 0 fully saturated rings. The fraction of sp³-hybridized carbons (Fsp3) is 0.333. The zero-order chi connectivity index (χ0) is 11.4. The number of aryl methyl sites for hydroxylation is 2. The molecule has 0 amide bonds. The highest BCUT2D eigenvalue weighted by atomic mass is 15.4. The number of nitrogen functional groups attached to an aromatic ring is 1. The van der Waals surface area contributed by atoms with Crippen molar-refractivity contribution in [3.8, 4) is 0 Å². The zero-order valence-electron chi connectivity index (χ0n) is 9.43. The summed E-state index contributed by atoms with van der Waals surface area (Å²) in [5, 5.41) is 7.82. The van der Waals surface area contributed by atoms with Crippen molar-refractivity contribution >= 4 is 5.82 Å². The van der Waals surface area contributed by atoms with Crippen LogP contribution in [0.25, 0.3) is 0 Å². The van der Waals surface area contributed by atoms with E-state index >= 15 is 0 Å². The molecule has 1 aromatic carbocycles. The predicted molar refractivity (Wildman–Crippen MR) is 63.9 cm³/mol. The lowest BCUT2D eigenvalue weighted by Gasteiger charge is -2.03. The molecule has 0 aliphatic carbocycles. The van der Waals surface area contributed by atoms with Crippen molar-refractivity contribution in [1.82, 2.24) is 15.0 Å². The van der Waals surface area contributed by atoms with Gasteiger partial charge in [-0.15, -0.1) is 5.10 Å². The average molecular weight is 216 g/mol. The molecule has 16 heavy (non-hydrogen) atoms. The van der Waals surface area contributed by atoms with Gasteiger partial charge in [0.2, 0.25) is 0 Å². The topological polar surface area (TPSA) is 56.7 Å². The molecule has 4 heteroatoms. The molecule has 0 saturated heterocycles. The summed E-state index contributed by atoms with van der Waals surface area (Å²) in [5.74, 6) is 0.528. The van der Waals surface area contributed by atoms with Crippen LogP contribution < -0.4 is 5.73 Å². The van der Waals surface area contributed by atoms with E-state index in [1.165, 1.54) is 5.56 Å². The summed E-state index contributed by atoms with van der Waals surface area (Å²) in [6, 6.07) is 10.4. The van der Waals surface area contributed by atoms with Gasteiger partial charge in [-0.05, 0) is 25.3 Å². The molecule has 0 unspecified atom stereocenters. The van der Waals surface area contributed by atoms with Gasteiger partial charge in [0, 0.05) is 6.54 Å². The van der Waals surface area contributed by atoms with E-state index in [-0.39, 0.29) is 0 Å². The van der Waals surface area contributed by atoms with Crippen LogP contribution in [0, 0.1) is 6.92 Å². The summed E-state index contributed by atoms with van der Waals surface area (Å²) in [4.78, 5) is 0. The van der Waals surface area contributed by atoms with Crippen LogP contribution in [0.3, 0.4) is 0 Å². The van der Waals surface area contributed by atoms with Crippen molar-refractivity contribution in [3.05, 3.63) is 41.6 Å². The Labute approximate surface area is 95.1 Å². The smallest absolute Gasteiger partial charge is 0.168 e. The third-order valence-electron chi connectivity index (χ3n) is 2.70. The molecule has 0 saturated carbocycles. The van der Waals surface area contributed by atoms with E-state index in [1.54, 1.807) is 0 Å². The fourth-order valence-corrected chi connectivity index (χ4v) is 1.66. The molecule has 4 nitrogen and oxygen atoms in total. The van der Waals surface area contributed by atoms with Crippen LogP contribution in [0.5, 0.6) is 0 Å². The number of rotatable bonds is 4. The van der Waals surface area contributed by atoms with Gasteiger partial charge in [-0.1, -0.05) is 35.5 Å². The van der Waals surface area contributed by atoms with E-state index in [4.69, 9.17) is 5.73 Å². The fourth-order valence-electron chi connectivity index (χ4n) is 1.66. The third-order valence-corrected chi connectivity index (χ3v) is 2.70. The van der Waals surface area contributed by atoms with E-state index in [9.17, 15) is 0 Å². The Morgan fingerprint density at radius 1 is 1.25 bits per heavy atom. The van der Waals surface area contributed by atoms with Gasteiger partial charge < -0.3 is 5.73 Å². The SMILES string of the molecule is Cc1c(N)nnn1CCCc1ccccc1. The lowest BCUT2D eigenvalue weighted by molar-refractivity contribution is 0.547. The number of aromatic nitrogens is 3. The second-order valence-corrected chi connectivity index (χ2v) is 3.87. The van der Waals surface area contributed by atoms with E-state index in [2.05, 4.69) is 34.6 Å². The Hall–Kier alpha value is -1.84. The molecular weight excluding hydrogens is 200 g/mol. The van der Waals surface area contributed by atoms with Crippen molar-refractivity contribution in [3.63, 3.8) is 0 Å². The molecular formula is C12H16N4. The number of nitrogens with zero attached hydrogens (tertiary/aromatic N) is 3. The van der Waals surface area contributed by atoms with Crippen molar-refractivity contribution in [2.45, 2.75) is 26.3 Å². The minimum absolute atomic E-state index is 0.528. The summed E-state index contributed by atoms with van der Waals surface area (Å²) in [6.45, 7) is 2.81. The summed E-state index contributed by atoms with van der Waals surface area (Å²) in [7, 11) is 0. The lowest BCUT2D eigenvalue weighted by atomic mass is 10.1. The molecule has 0 aliphatic rings. The maximum absolute atomic E-state index is 5.63. The van der Waals surface area contributed by atoms with Crippen molar-refractivity contribution in [2.24, 2.45) is 0 Å². The number of benzene rings is 1. The largest absolute Gasteiger partial charge is 0.381 e. The maximum Gasteiger partial charge on any atom is 0.168 e. The normalized spacial score (nSPS) is 10.6. The van der Waals surface area contributed by atoms with E-state index < -0.39 is 0 Å². The quantitative estimate of drug-likeness (QED) is 0.847. The Bertz CT molecular complexity index is 447. The van der Waals surface area contributed by atoms with Gasteiger partial charge in [0.15, 0.2) is 5.82 Å². The first kappa shape index (κ1) is 10.7. The molecule has 0 radical (unpaired) electrons. The maximum atomic E-state index is 5.63. The Morgan fingerprint density at radius 3 is 2.62 bits per heavy atom. The minimum Gasteiger partial charge on any atom is -0.381 e. The first-order valence-corrected chi connectivity index (χ1v) is 5.47. The molecule has 2 aromatic rings. The van der Waals surface area contributed by atoms with Crippen LogP contribution in [0.4, 0.5) is 5.82 Å². The Kier molecular flexibility index (Phi) is 3.19. The van der Waals surface area contributed by atoms with Crippen LogP contribution in [0.1, 0.15) is 17.7 Å². The highest BCUT2D eigenvalue weighted by Crippen LogP contribution is 2.07. The number of nitrogens with two attached hydrogens (primary N) is 1. The standard InChI is InChI=1S/C12H16N4/c1-10-12(13)14-15-16(10)9-5-8-11-6-3-2-4-7-11/h2-4,6-7H,5,8-9,13H2,1H3. The number of anilines is 1. The lowest BCUT2D eigenvalue weighted by Crippen LogP contribution is -2.04. The molecule has 0 bridgehead atoms. The molecule has 0 spiro atoms. The van der Waals surface area contributed by atoms with Crippen LogP contribution >= 0.6 is 0 Å². The van der Waals surface area contributed by atoms with Crippen molar-refractivity contribution in [1.29, 1.82) is 0 Å². The first-order chi connectivity index (χ1) is 7.77. The second kappa shape index (κ2) is 4.79. The van der Waals surface area contributed by atoms with Crippen LogP contribution in [0.2, 0.25) is 0 Å². The molecule has 2 N–H and O–H groups in total. The van der Waals surface area contributed by atoms with Gasteiger partial charge in [0.05, 0.1) is 5.69 Å². The van der Waals surface area contributed by atoms with Gasteiger partial charge in [0.1, 0.15) is 0 Å². The van der Waals surface area contributed by atoms with Crippen molar-refractivity contribution < 1.29 is 0 Å². The minimum atomic E-state index is 0.528. The van der Waals surface area contributed by atoms with Gasteiger partial charge in [-0.25, -0.2) is 4.68 Å². The van der Waals surface area contributed by atoms with E-state index in [0.717, 1.165) is 25.1 Å². The molecule has 0 aliphatic heterocycles. The second-order valence-electron chi connectivity index (χ2n) is 3.87. The molecule has 1 aromatic heterocycles. The molecule has 2 rings (SSSR count). The summed E-state index contributed by atoms with van der Waals surface area (Å²) >= 11 is 0. The van der Waals surface area contributed by atoms with Gasteiger partial charge >= 0.3 is 0 Å². The summed E-state index contributed by atoms with van der Waals surface area (Å²) in [5.41, 5.74) is 7.94. The Morgan fingerprint density at radius 2 is 2.00 bits per heavy atom. The van der Waals surface area contributed by atoms with Crippen LogP contribution in [-0.2, 0) is 13.0 Å². The van der Waals surface area contributed by atoms with Crippen LogP contribution in [0.15, 0.2) is 30.3 Å². The van der Waals surface area contributed by atoms with E-state index in [0.29, 0.717) is 5.82 Å². The molecule has 0 atom stereocenters. The van der Waals surface area contributed by atoms with Gasteiger partial charge in [-0.2, -0.15) is 0 Å². The van der Waals surface area contributed by atoms with Gasteiger partial charge in [0.25, 0.3) is 0 Å². The van der Waals surface area contributed by atoms with Crippen molar-refractivity contribution in [2.75, 3.05) is 5.73 Å². The average Bonchev–Trinajstić information content (AvgIpc) is 2.62. The third kappa shape index (κ3) is 2.39. The number of hydrogen-bond acceptors (Lipinski definition) is 3. The zero-order valence-corrected chi connectivity index (χ0v) is 9.43. The summed E-state index contributed by atoms with van der Waals surface area (Å²) < 4.78 is 1.86. The van der Waals surface area contributed by atoms with Crippen LogP contribution in [-0.4, -0.2) is 15.0 Å². The monoisotopic (exact) mass is 216 g/mol. The molecule has 1 heterocycles. The highest BCUT2D eigenvalue weighted by molar-refractivity contribution is 5.31. The Balaban J connectivity index is 1.87. The molecule has 84 valence electrons. The highest BCUT2D eigenvalue weighted by Gasteiger charge is 2.03. The summed E-state index contributed by atoms with van der Waals surface area (Å²) in [6.07, 6.45) is 2.10. The van der Waals surface area contributed by atoms with Gasteiger partial charge in [-0.3, -0.25) is 0 Å². The predicted octanol–water partition coefficient (Wildman–Crippen LogP) is 1.80. The number of hydrogen-bond donors (Lipinski definition) is 1.